The summed E-state index contributed by atoms with van der Waals surface area (Å²) in [6.07, 6.45) is 3.55. The highest BCUT2D eigenvalue weighted by Gasteiger charge is 2.26. The molecule has 0 amide bonds. The number of likely N-dealkylation sites (tertiary alicyclic amines) is 1. The average Bonchev–Trinajstić information content (AvgIpc) is 2.63. The summed E-state index contributed by atoms with van der Waals surface area (Å²) in [6, 6.07) is 7.95. The zero-order valence-corrected chi connectivity index (χ0v) is 17.9. The van der Waals surface area contributed by atoms with Gasteiger partial charge in [0.15, 0.2) is 5.96 Å². The van der Waals surface area contributed by atoms with Gasteiger partial charge >= 0.3 is 5.97 Å². The number of carbonyl (C=O) groups is 1. The van der Waals surface area contributed by atoms with Crippen molar-refractivity contribution in [2.75, 3.05) is 33.8 Å². The van der Waals surface area contributed by atoms with E-state index in [1.807, 2.05) is 18.2 Å². The molecule has 0 saturated carbocycles. The van der Waals surface area contributed by atoms with E-state index in [4.69, 9.17) is 16.3 Å². The van der Waals surface area contributed by atoms with Crippen LogP contribution in [0.25, 0.3) is 0 Å². The van der Waals surface area contributed by atoms with Crippen LogP contribution < -0.4 is 5.32 Å². The van der Waals surface area contributed by atoms with Gasteiger partial charge < -0.3 is 15.0 Å². The minimum Gasteiger partial charge on any atom is -0.469 e. The molecule has 1 aromatic rings. The standard InChI is InChI=1S/C18H26ClN3O2.HI/c1-20-18(22-12-9-15(10-13-22)17(23)24-2)21-11-5-7-14-6-3-4-8-16(14)19;/h3-4,6,8,15H,5,7,9-13H2,1-2H3,(H,20,21);1H. The number of nitrogens with zero attached hydrogens (tertiary/aromatic N) is 2. The third-order valence-corrected chi connectivity index (χ3v) is 4.77. The van der Waals surface area contributed by atoms with Gasteiger partial charge in [-0.05, 0) is 37.3 Å². The van der Waals surface area contributed by atoms with E-state index in [-0.39, 0.29) is 35.9 Å². The summed E-state index contributed by atoms with van der Waals surface area (Å²) in [6.45, 7) is 2.49. The second kappa shape index (κ2) is 11.6. The second-order valence-corrected chi connectivity index (χ2v) is 6.36. The van der Waals surface area contributed by atoms with Gasteiger partial charge in [-0.2, -0.15) is 0 Å². The van der Waals surface area contributed by atoms with E-state index in [9.17, 15) is 4.79 Å². The number of hydrogen-bond acceptors (Lipinski definition) is 3. The summed E-state index contributed by atoms with van der Waals surface area (Å²) in [5.74, 6) is 0.819. The highest BCUT2D eigenvalue weighted by Crippen LogP contribution is 2.19. The van der Waals surface area contributed by atoms with E-state index < -0.39 is 0 Å². The van der Waals surface area contributed by atoms with E-state index in [0.29, 0.717) is 0 Å². The topological polar surface area (TPSA) is 53.9 Å². The van der Waals surface area contributed by atoms with Gasteiger partial charge in [-0.3, -0.25) is 9.79 Å². The molecule has 2 rings (SSSR count). The van der Waals surface area contributed by atoms with Crippen LogP contribution in [0.15, 0.2) is 29.3 Å². The Hall–Kier alpha value is -1.02. The molecule has 0 unspecified atom stereocenters. The predicted octanol–water partition coefficient (Wildman–Crippen LogP) is 3.35. The molecule has 0 aromatic heterocycles. The Morgan fingerprint density at radius 3 is 2.64 bits per heavy atom. The van der Waals surface area contributed by atoms with Gasteiger partial charge in [-0.25, -0.2) is 0 Å². The van der Waals surface area contributed by atoms with Crippen molar-refractivity contribution in [3.8, 4) is 0 Å². The largest absolute Gasteiger partial charge is 0.469 e. The molecule has 0 spiro atoms. The lowest BCUT2D eigenvalue weighted by atomic mass is 9.97. The number of rotatable bonds is 5. The number of hydrogen-bond donors (Lipinski definition) is 1. The lowest BCUT2D eigenvalue weighted by Crippen LogP contribution is -2.46. The molecule has 25 heavy (non-hydrogen) atoms. The Morgan fingerprint density at radius 1 is 1.36 bits per heavy atom. The minimum absolute atomic E-state index is 0. The van der Waals surface area contributed by atoms with Crippen LogP contribution >= 0.6 is 35.6 Å². The summed E-state index contributed by atoms with van der Waals surface area (Å²) in [7, 11) is 3.25. The Morgan fingerprint density at radius 2 is 2.04 bits per heavy atom. The second-order valence-electron chi connectivity index (χ2n) is 5.95. The Balaban J connectivity index is 0.00000312. The molecule has 5 nitrogen and oxygen atoms in total. The van der Waals surface area contributed by atoms with E-state index in [1.54, 1.807) is 7.05 Å². The monoisotopic (exact) mass is 479 g/mol. The van der Waals surface area contributed by atoms with Gasteiger partial charge in [-0.1, -0.05) is 29.8 Å². The maximum atomic E-state index is 11.6. The third kappa shape index (κ3) is 6.66. The summed E-state index contributed by atoms with van der Waals surface area (Å²) in [4.78, 5) is 18.1. The third-order valence-electron chi connectivity index (χ3n) is 4.40. The molecule has 1 aromatic carbocycles. The van der Waals surface area contributed by atoms with Crippen LogP contribution in [-0.2, 0) is 16.0 Å². The van der Waals surface area contributed by atoms with Crippen LogP contribution in [0.3, 0.4) is 0 Å². The minimum atomic E-state index is -0.0997. The van der Waals surface area contributed by atoms with Crippen molar-refractivity contribution in [1.29, 1.82) is 0 Å². The Labute approximate surface area is 172 Å². The first-order chi connectivity index (χ1) is 11.7. The molecule has 0 atom stereocenters. The number of benzene rings is 1. The number of guanidine groups is 1. The van der Waals surface area contributed by atoms with Crippen LogP contribution in [0.4, 0.5) is 0 Å². The quantitative estimate of drug-likeness (QED) is 0.231. The number of carbonyl (C=O) groups excluding carboxylic acids is 1. The van der Waals surface area contributed by atoms with Crippen LogP contribution in [0.1, 0.15) is 24.8 Å². The van der Waals surface area contributed by atoms with Crippen molar-refractivity contribution >= 4 is 47.5 Å². The molecule has 0 bridgehead atoms. The summed E-state index contributed by atoms with van der Waals surface area (Å²) in [5.41, 5.74) is 1.18. The number of aryl methyl sites for hydroxylation is 1. The van der Waals surface area contributed by atoms with Crippen molar-refractivity contribution in [2.45, 2.75) is 25.7 Å². The molecular weight excluding hydrogens is 453 g/mol. The first-order valence-electron chi connectivity index (χ1n) is 8.42. The highest BCUT2D eigenvalue weighted by molar-refractivity contribution is 14.0. The lowest BCUT2D eigenvalue weighted by Gasteiger charge is -2.33. The number of halogens is 2. The predicted molar refractivity (Wildman–Crippen MR) is 113 cm³/mol. The van der Waals surface area contributed by atoms with Gasteiger partial charge in [0.1, 0.15) is 0 Å². The van der Waals surface area contributed by atoms with Crippen LogP contribution in [0, 0.1) is 5.92 Å². The zero-order chi connectivity index (χ0) is 17.4. The van der Waals surface area contributed by atoms with E-state index in [1.165, 1.54) is 12.7 Å². The molecule has 0 aliphatic carbocycles. The number of ether oxygens (including phenoxy) is 1. The van der Waals surface area contributed by atoms with Crippen molar-refractivity contribution in [1.82, 2.24) is 10.2 Å². The van der Waals surface area contributed by atoms with Gasteiger partial charge in [0.05, 0.1) is 13.0 Å². The number of esters is 1. The summed E-state index contributed by atoms with van der Waals surface area (Å²) >= 11 is 6.18. The number of aliphatic imine (C=N–C) groups is 1. The smallest absolute Gasteiger partial charge is 0.308 e. The Kier molecular flexibility index (Phi) is 10.2. The molecule has 1 heterocycles. The van der Waals surface area contributed by atoms with Gasteiger partial charge in [0, 0.05) is 31.7 Å². The number of methoxy groups -OCH3 is 1. The fourth-order valence-corrected chi connectivity index (χ4v) is 3.24. The molecule has 1 fully saturated rings. The molecule has 0 radical (unpaired) electrons. The first kappa shape index (κ1) is 22.0. The maximum absolute atomic E-state index is 11.6. The van der Waals surface area contributed by atoms with Crippen LogP contribution in [0.2, 0.25) is 5.02 Å². The fourth-order valence-electron chi connectivity index (χ4n) is 3.01. The molecule has 1 saturated heterocycles. The van der Waals surface area contributed by atoms with E-state index in [2.05, 4.69) is 21.3 Å². The molecule has 1 aliphatic rings. The highest BCUT2D eigenvalue weighted by atomic mass is 127. The maximum Gasteiger partial charge on any atom is 0.308 e. The van der Waals surface area contributed by atoms with Crippen LogP contribution in [0.5, 0.6) is 0 Å². The Bertz CT molecular complexity index is 575. The zero-order valence-electron chi connectivity index (χ0n) is 14.8. The van der Waals surface area contributed by atoms with Crippen molar-refractivity contribution in [3.05, 3.63) is 34.9 Å². The number of piperidine rings is 1. The molecule has 1 N–H and O–H groups in total. The normalized spacial score (nSPS) is 15.5. The SMILES string of the molecule is CN=C(NCCCc1ccccc1Cl)N1CCC(C(=O)OC)CC1.I. The molecular formula is C18H27ClIN3O2. The average molecular weight is 480 g/mol. The van der Waals surface area contributed by atoms with Gasteiger partial charge in [0.25, 0.3) is 0 Å². The summed E-state index contributed by atoms with van der Waals surface area (Å²) < 4.78 is 4.83. The lowest BCUT2D eigenvalue weighted by molar-refractivity contribution is -0.146. The van der Waals surface area contributed by atoms with E-state index in [0.717, 1.165) is 56.3 Å². The first-order valence-corrected chi connectivity index (χ1v) is 8.80. The molecule has 7 heteroatoms. The van der Waals surface area contributed by atoms with Crippen LogP contribution in [-0.4, -0.2) is 50.6 Å². The summed E-state index contributed by atoms with van der Waals surface area (Å²) in [5, 5.41) is 4.23. The van der Waals surface area contributed by atoms with Crippen molar-refractivity contribution in [2.24, 2.45) is 10.9 Å². The number of nitrogens with one attached hydrogen (secondary N) is 1. The van der Waals surface area contributed by atoms with Gasteiger partial charge in [0.2, 0.25) is 0 Å². The van der Waals surface area contributed by atoms with Crippen molar-refractivity contribution in [3.63, 3.8) is 0 Å². The van der Waals surface area contributed by atoms with E-state index >= 15 is 0 Å². The van der Waals surface area contributed by atoms with Gasteiger partial charge in [-0.15, -0.1) is 24.0 Å². The molecule has 1 aliphatic heterocycles. The fraction of sp³-hybridized carbons (Fsp3) is 0.556. The van der Waals surface area contributed by atoms with Crippen molar-refractivity contribution < 1.29 is 9.53 Å². The molecule has 140 valence electrons.